The Bertz CT molecular complexity index is 418. The maximum absolute atomic E-state index is 11.5. The van der Waals surface area contributed by atoms with Crippen molar-refractivity contribution in [1.29, 1.82) is 0 Å². The molecule has 0 aliphatic rings. The van der Waals surface area contributed by atoms with Gasteiger partial charge in [0.2, 0.25) is 5.88 Å². The van der Waals surface area contributed by atoms with E-state index in [0.29, 0.717) is 15.3 Å². The standard InChI is InChI=1S/C10H14IN3O3/c1-10(2,3)17-9(15)14-7-6(11)8(16-4)13-5-12-7/h5H,1-4H3,(H,12,13,14,15). The Labute approximate surface area is 113 Å². The number of anilines is 1. The third-order valence-corrected chi connectivity index (χ3v) is 2.54. The van der Waals surface area contributed by atoms with Crippen LogP contribution in [0.3, 0.4) is 0 Å². The van der Waals surface area contributed by atoms with Gasteiger partial charge in [-0.2, -0.15) is 0 Å². The van der Waals surface area contributed by atoms with Gasteiger partial charge in [-0.05, 0) is 43.4 Å². The number of aromatic nitrogens is 2. The Kier molecular flexibility index (Phi) is 4.49. The number of ether oxygens (including phenoxy) is 2. The number of hydrogen-bond donors (Lipinski definition) is 1. The zero-order chi connectivity index (χ0) is 13.1. The molecule has 0 saturated carbocycles. The molecule has 0 bridgehead atoms. The van der Waals surface area contributed by atoms with Crippen molar-refractivity contribution in [3.63, 3.8) is 0 Å². The summed E-state index contributed by atoms with van der Waals surface area (Å²) in [5.41, 5.74) is -0.549. The van der Waals surface area contributed by atoms with E-state index in [1.54, 1.807) is 20.8 Å². The number of rotatable bonds is 2. The van der Waals surface area contributed by atoms with Crippen LogP contribution >= 0.6 is 22.6 Å². The normalized spacial score (nSPS) is 10.9. The lowest BCUT2D eigenvalue weighted by Gasteiger charge is -2.19. The predicted octanol–water partition coefficient (Wildman–Crippen LogP) is 2.44. The van der Waals surface area contributed by atoms with Gasteiger partial charge in [-0.1, -0.05) is 0 Å². The predicted molar refractivity (Wildman–Crippen MR) is 71.2 cm³/mol. The van der Waals surface area contributed by atoms with Gasteiger partial charge in [-0.3, -0.25) is 5.32 Å². The zero-order valence-corrected chi connectivity index (χ0v) is 12.2. The first-order valence-corrected chi connectivity index (χ1v) is 5.96. The highest BCUT2D eigenvalue weighted by Gasteiger charge is 2.18. The fourth-order valence-electron chi connectivity index (χ4n) is 0.983. The van der Waals surface area contributed by atoms with Gasteiger partial charge in [0.15, 0.2) is 5.82 Å². The Balaban J connectivity index is 2.79. The van der Waals surface area contributed by atoms with Crippen LogP contribution in [0.1, 0.15) is 20.8 Å². The van der Waals surface area contributed by atoms with Gasteiger partial charge < -0.3 is 9.47 Å². The second-order valence-electron chi connectivity index (χ2n) is 4.17. The van der Waals surface area contributed by atoms with Crippen LogP contribution in [0.5, 0.6) is 5.88 Å². The van der Waals surface area contributed by atoms with Crippen molar-refractivity contribution in [2.24, 2.45) is 0 Å². The van der Waals surface area contributed by atoms with Crippen molar-refractivity contribution in [2.45, 2.75) is 26.4 Å². The minimum absolute atomic E-state index is 0.367. The number of carbonyl (C=O) groups is 1. The van der Waals surface area contributed by atoms with E-state index in [1.165, 1.54) is 13.4 Å². The molecule has 7 heteroatoms. The van der Waals surface area contributed by atoms with E-state index >= 15 is 0 Å². The molecule has 0 saturated heterocycles. The summed E-state index contributed by atoms with van der Waals surface area (Å²) in [6, 6.07) is 0. The number of halogens is 1. The zero-order valence-electron chi connectivity index (χ0n) is 10.1. The number of methoxy groups -OCH3 is 1. The quantitative estimate of drug-likeness (QED) is 0.829. The van der Waals surface area contributed by atoms with Crippen molar-refractivity contribution in [1.82, 2.24) is 9.97 Å². The number of hydrogen-bond acceptors (Lipinski definition) is 5. The van der Waals surface area contributed by atoms with Crippen LogP contribution in [0.15, 0.2) is 6.33 Å². The molecule has 0 unspecified atom stereocenters. The van der Waals surface area contributed by atoms with Crippen LogP contribution in [0, 0.1) is 3.57 Å². The van der Waals surface area contributed by atoms with Gasteiger partial charge >= 0.3 is 6.09 Å². The van der Waals surface area contributed by atoms with Crippen molar-refractivity contribution in [2.75, 3.05) is 12.4 Å². The van der Waals surface area contributed by atoms with Crippen LogP contribution in [0.4, 0.5) is 10.6 Å². The van der Waals surface area contributed by atoms with Gasteiger partial charge in [0.25, 0.3) is 0 Å². The van der Waals surface area contributed by atoms with Crippen molar-refractivity contribution in [3.05, 3.63) is 9.90 Å². The largest absolute Gasteiger partial charge is 0.480 e. The second-order valence-corrected chi connectivity index (χ2v) is 5.25. The van der Waals surface area contributed by atoms with Gasteiger partial charge in [0.1, 0.15) is 15.5 Å². The maximum Gasteiger partial charge on any atom is 0.413 e. The van der Waals surface area contributed by atoms with Crippen LogP contribution < -0.4 is 10.1 Å². The van der Waals surface area contributed by atoms with E-state index in [-0.39, 0.29) is 0 Å². The fraction of sp³-hybridized carbons (Fsp3) is 0.500. The molecule has 0 aliphatic heterocycles. The average molecular weight is 351 g/mol. The molecule has 1 rings (SSSR count). The molecule has 1 aromatic heterocycles. The maximum atomic E-state index is 11.5. The average Bonchev–Trinajstić information content (AvgIpc) is 2.18. The summed E-state index contributed by atoms with van der Waals surface area (Å²) in [5, 5.41) is 2.54. The first kappa shape index (κ1) is 13.9. The Morgan fingerprint density at radius 1 is 1.41 bits per heavy atom. The topological polar surface area (TPSA) is 73.3 Å². The molecule has 1 N–H and O–H groups in total. The van der Waals surface area contributed by atoms with Gasteiger partial charge in [0.05, 0.1) is 7.11 Å². The summed E-state index contributed by atoms with van der Waals surface area (Å²) in [6.07, 6.45) is 0.754. The van der Waals surface area contributed by atoms with Gasteiger partial charge in [-0.25, -0.2) is 14.8 Å². The summed E-state index contributed by atoms with van der Waals surface area (Å²) in [4.78, 5) is 19.4. The van der Waals surface area contributed by atoms with E-state index in [1.807, 2.05) is 22.6 Å². The van der Waals surface area contributed by atoms with Crippen LogP contribution in [0.2, 0.25) is 0 Å². The van der Waals surface area contributed by atoms with Gasteiger partial charge in [-0.15, -0.1) is 0 Å². The van der Waals surface area contributed by atoms with Crippen LogP contribution in [-0.4, -0.2) is 28.8 Å². The molecule has 6 nitrogen and oxygen atoms in total. The van der Waals surface area contributed by atoms with Crippen molar-refractivity contribution >= 4 is 34.5 Å². The number of nitrogens with zero attached hydrogens (tertiary/aromatic N) is 2. The number of carbonyl (C=O) groups excluding carboxylic acids is 1. The highest BCUT2D eigenvalue weighted by molar-refractivity contribution is 14.1. The number of nitrogens with one attached hydrogen (secondary N) is 1. The van der Waals surface area contributed by atoms with E-state index in [0.717, 1.165) is 0 Å². The number of amides is 1. The lowest BCUT2D eigenvalue weighted by Crippen LogP contribution is -2.27. The van der Waals surface area contributed by atoms with Crippen LogP contribution in [0.25, 0.3) is 0 Å². The molecule has 0 radical (unpaired) electrons. The molecular weight excluding hydrogens is 337 g/mol. The van der Waals surface area contributed by atoms with Crippen LogP contribution in [-0.2, 0) is 4.74 Å². The highest BCUT2D eigenvalue weighted by atomic mass is 127. The van der Waals surface area contributed by atoms with Gasteiger partial charge in [0, 0.05) is 0 Å². The SMILES string of the molecule is COc1ncnc(NC(=O)OC(C)(C)C)c1I. The summed E-state index contributed by atoms with van der Waals surface area (Å²) in [5.74, 6) is 0.776. The summed E-state index contributed by atoms with van der Waals surface area (Å²) < 4.78 is 10.8. The molecular formula is C10H14IN3O3. The Morgan fingerprint density at radius 2 is 2.06 bits per heavy atom. The monoisotopic (exact) mass is 351 g/mol. The molecule has 94 valence electrons. The van der Waals surface area contributed by atoms with E-state index < -0.39 is 11.7 Å². The first-order valence-electron chi connectivity index (χ1n) is 4.88. The molecule has 1 aromatic rings. The highest BCUT2D eigenvalue weighted by Crippen LogP contribution is 2.23. The third-order valence-electron chi connectivity index (χ3n) is 1.57. The lowest BCUT2D eigenvalue weighted by atomic mass is 10.2. The summed E-state index contributed by atoms with van der Waals surface area (Å²) in [7, 11) is 1.50. The Hall–Kier alpha value is -1.12. The van der Waals surface area contributed by atoms with E-state index in [2.05, 4.69) is 15.3 Å². The fourth-order valence-corrected chi connectivity index (χ4v) is 1.62. The summed E-state index contributed by atoms with van der Waals surface area (Å²) >= 11 is 1.99. The van der Waals surface area contributed by atoms with Crippen molar-refractivity contribution < 1.29 is 14.3 Å². The molecule has 1 amide bonds. The first-order chi connectivity index (χ1) is 7.83. The molecule has 0 aromatic carbocycles. The molecule has 17 heavy (non-hydrogen) atoms. The van der Waals surface area contributed by atoms with E-state index in [4.69, 9.17) is 9.47 Å². The smallest absolute Gasteiger partial charge is 0.413 e. The minimum atomic E-state index is -0.559. The van der Waals surface area contributed by atoms with E-state index in [9.17, 15) is 4.79 Å². The van der Waals surface area contributed by atoms with Crippen molar-refractivity contribution in [3.8, 4) is 5.88 Å². The Morgan fingerprint density at radius 3 is 2.59 bits per heavy atom. The molecule has 1 heterocycles. The molecule has 0 atom stereocenters. The third kappa shape index (κ3) is 4.33. The minimum Gasteiger partial charge on any atom is -0.480 e. The molecule has 0 aliphatic carbocycles. The lowest BCUT2D eigenvalue weighted by molar-refractivity contribution is 0.0635. The second kappa shape index (κ2) is 5.48. The molecule has 0 spiro atoms. The molecule has 0 fully saturated rings. The summed E-state index contributed by atoms with van der Waals surface area (Å²) in [6.45, 7) is 5.37.